The van der Waals surface area contributed by atoms with Crippen LogP contribution in [0.1, 0.15) is 32.6 Å². The maximum Gasteiger partial charge on any atom is 0.263 e. The minimum atomic E-state index is -0.624. The van der Waals surface area contributed by atoms with Crippen molar-refractivity contribution in [2.24, 2.45) is 0 Å². The van der Waals surface area contributed by atoms with Crippen LogP contribution in [-0.2, 0) is 11.3 Å². The van der Waals surface area contributed by atoms with E-state index in [0.29, 0.717) is 41.2 Å². The summed E-state index contributed by atoms with van der Waals surface area (Å²) in [6.45, 7) is 4.85. The van der Waals surface area contributed by atoms with Gasteiger partial charge in [0.25, 0.3) is 5.91 Å². The summed E-state index contributed by atoms with van der Waals surface area (Å²) >= 11 is 6.25. The van der Waals surface area contributed by atoms with Crippen LogP contribution < -0.4 is 15.0 Å². The molecule has 1 aliphatic heterocycles. The lowest BCUT2D eigenvalue weighted by molar-refractivity contribution is -0.128. The lowest BCUT2D eigenvalue weighted by Gasteiger charge is -2.35. The zero-order valence-corrected chi connectivity index (χ0v) is 18.3. The Hall–Kier alpha value is -3.06. The Morgan fingerprint density at radius 2 is 1.90 bits per heavy atom. The molecule has 0 aliphatic carbocycles. The summed E-state index contributed by atoms with van der Waals surface area (Å²) in [4.78, 5) is 14.9. The first kappa shape index (κ1) is 21.2. The van der Waals surface area contributed by atoms with E-state index in [9.17, 15) is 4.79 Å². The highest BCUT2D eigenvalue weighted by atomic mass is 35.5. The van der Waals surface area contributed by atoms with Gasteiger partial charge in [0, 0.05) is 6.04 Å². The maximum absolute atomic E-state index is 12.8. The van der Waals surface area contributed by atoms with Crippen molar-refractivity contribution in [2.75, 3.05) is 11.4 Å². The summed E-state index contributed by atoms with van der Waals surface area (Å²) in [5.74, 6) is 1.34. The van der Waals surface area contributed by atoms with Crippen molar-refractivity contribution < 1.29 is 13.9 Å². The van der Waals surface area contributed by atoms with Gasteiger partial charge in [-0.2, -0.15) is 0 Å². The van der Waals surface area contributed by atoms with Crippen LogP contribution in [0.2, 0.25) is 5.02 Å². The number of carbonyl (C=O) groups is 1. The number of aromatic nitrogens is 2. The number of nitrogens with zero attached hydrogens (tertiary/aromatic N) is 3. The molecule has 1 N–H and O–H groups in total. The number of carbonyl (C=O) groups excluding carboxylic acids is 1. The molecule has 1 aliphatic rings. The first-order chi connectivity index (χ1) is 15.1. The van der Waals surface area contributed by atoms with E-state index in [1.165, 1.54) is 0 Å². The van der Waals surface area contributed by atoms with Gasteiger partial charge < -0.3 is 19.4 Å². The highest BCUT2D eigenvalue weighted by Crippen LogP contribution is 2.34. The Bertz CT molecular complexity index is 1050. The molecule has 0 spiro atoms. The first-order valence-corrected chi connectivity index (χ1v) is 10.8. The van der Waals surface area contributed by atoms with Crippen molar-refractivity contribution in [3.05, 3.63) is 59.4 Å². The van der Waals surface area contributed by atoms with E-state index in [1.54, 1.807) is 6.07 Å². The SMILES string of the molecule is CCC(CC)NC(=O)C1CN(Cc2nnc(-c3ccccc3Cl)o2)c2ccccc2O1. The van der Waals surface area contributed by atoms with Crippen molar-refractivity contribution in [2.45, 2.75) is 45.4 Å². The Labute approximate surface area is 186 Å². The molecule has 8 heteroatoms. The third-order valence-electron chi connectivity index (χ3n) is 5.38. The second kappa shape index (κ2) is 9.39. The lowest BCUT2D eigenvalue weighted by atomic mass is 10.1. The zero-order chi connectivity index (χ0) is 21.8. The quantitative estimate of drug-likeness (QED) is 0.584. The minimum absolute atomic E-state index is 0.115. The molecule has 2 aromatic carbocycles. The summed E-state index contributed by atoms with van der Waals surface area (Å²) in [6, 6.07) is 15.1. The first-order valence-electron chi connectivity index (χ1n) is 10.5. The largest absolute Gasteiger partial charge is 0.477 e. The van der Waals surface area contributed by atoms with Crippen LogP contribution in [-0.4, -0.2) is 34.8 Å². The second-order valence-corrected chi connectivity index (χ2v) is 7.86. The molecule has 0 radical (unpaired) electrons. The molecule has 1 unspecified atom stereocenters. The van der Waals surface area contributed by atoms with Gasteiger partial charge in [0.05, 0.1) is 29.4 Å². The number of benzene rings is 2. The van der Waals surface area contributed by atoms with E-state index < -0.39 is 6.10 Å². The number of fused-ring (bicyclic) bond motifs is 1. The summed E-state index contributed by atoms with van der Waals surface area (Å²) < 4.78 is 11.9. The molecule has 4 rings (SSSR count). The number of hydrogen-bond acceptors (Lipinski definition) is 6. The van der Waals surface area contributed by atoms with Crippen LogP contribution >= 0.6 is 11.6 Å². The van der Waals surface area contributed by atoms with E-state index in [4.69, 9.17) is 20.8 Å². The minimum Gasteiger partial charge on any atom is -0.477 e. The van der Waals surface area contributed by atoms with E-state index in [1.807, 2.05) is 47.4 Å². The zero-order valence-electron chi connectivity index (χ0n) is 17.5. The maximum atomic E-state index is 12.8. The fourth-order valence-corrected chi connectivity index (χ4v) is 3.82. The smallest absolute Gasteiger partial charge is 0.263 e. The average molecular weight is 441 g/mol. The Morgan fingerprint density at radius 1 is 1.16 bits per heavy atom. The Kier molecular flexibility index (Phi) is 6.42. The topological polar surface area (TPSA) is 80.5 Å². The number of nitrogens with one attached hydrogen (secondary N) is 1. The number of ether oxygens (including phenoxy) is 1. The molecule has 0 bridgehead atoms. The fourth-order valence-electron chi connectivity index (χ4n) is 3.60. The number of hydrogen-bond donors (Lipinski definition) is 1. The van der Waals surface area contributed by atoms with Gasteiger partial charge in [-0.05, 0) is 37.1 Å². The molecule has 162 valence electrons. The normalized spacial score (nSPS) is 15.5. The van der Waals surface area contributed by atoms with Crippen molar-refractivity contribution >= 4 is 23.2 Å². The summed E-state index contributed by atoms with van der Waals surface area (Å²) in [5, 5.41) is 12.0. The third-order valence-corrected chi connectivity index (χ3v) is 5.71. The molecule has 31 heavy (non-hydrogen) atoms. The van der Waals surface area contributed by atoms with Gasteiger partial charge >= 0.3 is 0 Å². The Morgan fingerprint density at radius 3 is 2.68 bits per heavy atom. The number of para-hydroxylation sites is 2. The van der Waals surface area contributed by atoms with Crippen LogP contribution in [0.15, 0.2) is 52.9 Å². The highest BCUT2D eigenvalue weighted by Gasteiger charge is 2.32. The van der Waals surface area contributed by atoms with E-state index in [2.05, 4.69) is 29.4 Å². The van der Waals surface area contributed by atoms with Gasteiger partial charge in [0.15, 0.2) is 6.10 Å². The second-order valence-electron chi connectivity index (χ2n) is 7.46. The van der Waals surface area contributed by atoms with Gasteiger partial charge in [-0.1, -0.05) is 49.7 Å². The molecule has 1 aromatic heterocycles. The fraction of sp³-hybridized carbons (Fsp3) is 0.348. The Balaban J connectivity index is 1.54. The molecule has 2 heterocycles. The standard InChI is InChI=1S/C23H25ClN4O3/c1-3-15(4-2)25-22(29)20-13-28(18-11-7-8-12-19(18)30-20)14-21-26-27-23(31-21)16-9-5-6-10-17(16)24/h5-12,15,20H,3-4,13-14H2,1-2H3,(H,25,29). The van der Waals surface area contributed by atoms with Gasteiger partial charge in [0.2, 0.25) is 11.8 Å². The third kappa shape index (κ3) is 4.66. The predicted molar refractivity (Wildman–Crippen MR) is 119 cm³/mol. The molecule has 1 atom stereocenters. The van der Waals surface area contributed by atoms with Crippen molar-refractivity contribution in [3.63, 3.8) is 0 Å². The molecule has 0 fully saturated rings. The van der Waals surface area contributed by atoms with E-state index in [-0.39, 0.29) is 11.9 Å². The molecule has 7 nitrogen and oxygen atoms in total. The number of anilines is 1. The summed E-state index contributed by atoms with van der Waals surface area (Å²) in [5.41, 5.74) is 1.57. The van der Waals surface area contributed by atoms with Crippen molar-refractivity contribution in [3.8, 4) is 17.2 Å². The molecular weight excluding hydrogens is 416 g/mol. The molecule has 0 saturated heterocycles. The van der Waals surface area contributed by atoms with Crippen molar-refractivity contribution in [1.82, 2.24) is 15.5 Å². The van der Waals surface area contributed by atoms with Crippen molar-refractivity contribution in [1.29, 1.82) is 0 Å². The summed E-state index contributed by atoms with van der Waals surface area (Å²) in [7, 11) is 0. The van der Waals surface area contributed by atoms with E-state index >= 15 is 0 Å². The van der Waals surface area contributed by atoms with Crippen LogP contribution in [0.3, 0.4) is 0 Å². The number of halogens is 1. The van der Waals surface area contributed by atoms with Gasteiger partial charge in [0.1, 0.15) is 5.75 Å². The van der Waals surface area contributed by atoms with Gasteiger partial charge in [-0.25, -0.2) is 0 Å². The predicted octanol–water partition coefficient (Wildman–Crippen LogP) is 4.46. The van der Waals surface area contributed by atoms with Gasteiger partial charge in [-0.15, -0.1) is 10.2 Å². The highest BCUT2D eigenvalue weighted by molar-refractivity contribution is 6.33. The van der Waals surface area contributed by atoms with Crippen LogP contribution in [0.25, 0.3) is 11.5 Å². The number of rotatable bonds is 7. The lowest BCUT2D eigenvalue weighted by Crippen LogP contribution is -2.51. The number of amides is 1. The summed E-state index contributed by atoms with van der Waals surface area (Å²) in [6.07, 6.45) is 1.13. The molecule has 1 amide bonds. The monoisotopic (exact) mass is 440 g/mol. The molecule has 0 saturated carbocycles. The van der Waals surface area contributed by atoms with Gasteiger partial charge in [-0.3, -0.25) is 4.79 Å². The molecular formula is C23H25ClN4O3. The van der Waals surface area contributed by atoms with Crippen LogP contribution in [0.4, 0.5) is 5.69 Å². The van der Waals surface area contributed by atoms with E-state index in [0.717, 1.165) is 18.5 Å². The average Bonchev–Trinajstić information content (AvgIpc) is 3.25. The van der Waals surface area contributed by atoms with Crippen LogP contribution in [0, 0.1) is 0 Å². The van der Waals surface area contributed by atoms with Crippen LogP contribution in [0.5, 0.6) is 5.75 Å². The molecule has 3 aromatic rings.